The van der Waals surface area contributed by atoms with Crippen LogP contribution in [0.1, 0.15) is 17.5 Å². The van der Waals surface area contributed by atoms with E-state index in [0.29, 0.717) is 15.9 Å². The Labute approximate surface area is 157 Å². The lowest BCUT2D eigenvalue weighted by atomic mass is 10.2. The predicted octanol–water partition coefficient (Wildman–Crippen LogP) is 5.40. The first-order valence-corrected chi connectivity index (χ1v) is 9.62. The second-order valence-electron chi connectivity index (χ2n) is 5.34. The van der Waals surface area contributed by atoms with Crippen molar-refractivity contribution in [2.24, 2.45) is 0 Å². The van der Waals surface area contributed by atoms with Gasteiger partial charge in [-0.15, -0.1) is 0 Å². The van der Waals surface area contributed by atoms with Gasteiger partial charge in [0.25, 0.3) is 0 Å². The standard InChI is InChI=1S/C18H20ClFN2S2/c1-13-7-8-15(11-16(13)19)22-18(23)21-9-4-10-24-12-14-5-2-3-6-17(14)20/h2-3,5-8,11H,4,9-10,12H2,1H3,(H2,21,22,23). The lowest BCUT2D eigenvalue weighted by Crippen LogP contribution is -2.29. The van der Waals surface area contributed by atoms with Crippen LogP contribution in [0.25, 0.3) is 0 Å². The maximum absolute atomic E-state index is 13.5. The summed E-state index contributed by atoms with van der Waals surface area (Å²) in [4.78, 5) is 0. The van der Waals surface area contributed by atoms with E-state index in [1.807, 2.05) is 37.3 Å². The van der Waals surface area contributed by atoms with Gasteiger partial charge in [0.15, 0.2) is 5.11 Å². The van der Waals surface area contributed by atoms with Crippen molar-refractivity contribution in [1.82, 2.24) is 5.32 Å². The van der Waals surface area contributed by atoms with Crippen molar-refractivity contribution in [3.63, 3.8) is 0 Å². The second-order valence-corrected chi connectivity index (χ2v) is 7.26. The lowest BCUT2D eigenvalue weighted by Gasteiger charge is -2.11. The van der Waals surface area contributed by atoms with E-state index >= 15 is 0 Å². The van der Waals surface area contributed by atoms with E-state index in [-0.39, 0.29) is 5.82 Å². The van der Waals surface area contributed by atoms with Crippen LogP contribution < -0.4 is 10.6 Å². The second kappa shape index (κ2) is 9.87. The maximum Gasteiger partial charge on any atom is 0.170 e. The molecule has 2 aromatic carbocycles. The van der Waals surface area contributed by atoms with Crippen molar-refractivity contribution in [2.75, 3.05) is 17.6 Å². The minimum Gasteiger partial charge on any atom is -0.362 e. The molecule has 0 radical (unpaired) electrons. The third kappa shape index (κ3) is 6.30. The molecule has 0 aliphatic heterocycles. The minimum absolute atomic E-state index is 0.134. The molecule has 0 aliphatic rings. The van der Waals surface area contributed by atoms with Gasteiger partial charge in [-0.1, -0.05) is 35.9 Å². The van der Waals surface area contributed by atoms with Crippen molar-refractivity contribution in [3.05, 3.63) is 64.4 Å². The van der Waals surface area contributed by atoms with E-state index < -0.39 is 0 Å². The summed E-state index contributed by atoms with van der Waals surface area (Å²) in [6, 6.07) is 12.6. The van der Waals surface area contributed by atoms with E-state index in [4.69, 9.17) is 23.8 Å². The molecule has 0 heterocycles. The van der Waals surface area contributed by atoms with Crippen LogP contribution in [0.4, 0.5) is 10.1 Å². The zero-order chi connectivity index (χ0) is 17.4. The number of hydrogen-bond donors (Lipinski definition) is 2. The van der Waals surface area contributed by atoms with Crippen LogP contribution in [-0.2, 0) is 5.75 Å². The van der Waals surface area contributed by atoms with E-state index in [9.17, 15) is 4.39 Å². The van der Waals surface area contributed by atoms with Crippen LogP contribution >= 0.6 is 35.6 Å². The van der Waals surface area contributed by atoms with Crippen molar-refractivity contribution >= 4 is 46.4 Å². The lowest BCUT2D eigenvalue weighted by molar-refractivity contribution is 0.617. The molecule has 2 aromatic rings. The van der Waals surface area contributed by atoms with Gasteiger partial charge in [0.05, 0.1) is 0 Å². The first-order chi connectivity index (χ1) is 11.6. The highest BCUT2D eigenvalue weighted by Crippen LogP contribution is 2.20. The molecule has 0 aliphatic carbocycles. The molecule has 0 aromatic heterocycles. The van der Waals surface area contributed by atoms with Crippen LogP contribution in [0.2, 0.25) is 5.02 Å². The number of rotatable bonds is 7. The SMILES string of the molecule is Cc1ccc(NC(=S)NCCCSCc2ccccc2F)cc1Cl. The molecule has 6 heteroatoms. The van der Waals surface area contributed by atoms with Gasteiger partial charge in [0.1, 0.15) is 5.82 Å². The van der Waals surface area contributed by atoms with Crippen LogP contribution in [0.5, 0.6) is 0 Å². The number of halogens is 2. The topological polar surface area (TPSA) is 24.1 Å². The molecule has 2 nitrogen and oxygen atoms in total. The quantitative estimate of drug-likeness (QED) is 0.494. The first kappa shape index (κ1) is 19.0. The molecule has 24 heavy (non-hydrogen) atoms. The molecule has 0 bridgehead atoms. The summed E-state index contributed by atoms with van der Waals surface area (Å²) in [5.74, 6) is 1.50. The molecular weight excluding hydrogens is 363 g/mol. The molecule has 128 valence electrons. The summed E-state index contributed by atoms with van der Waals surface area (Å²) in [5, 5.41) is 7.57. The number of benzene rings is 2. The summed E-state index contributed by atoms with van der Waals surface area (Å²) in [6.07, 6.45) is 0.954. The van der Waals surface area contributed by atoms with E-state index in [2.05, 4.69) is 10.6 Å². The predicted molar refractivity (Wildman–Crippen MR) is 108 cm³/mol. The van der Waals surface area contributed by atoms with Crippen molar-refractivity contribution < 1.29 is 4.39 Å². The summed E-state index contributed by atoms with van der Waals surface area (Å²) < 4.78 is 13.5. The smallest absolute Gasteiger partial charge is 0.170 e. The largest absolute Gasteiger partial charge is 0.362 e. The molecule has 0 atom stereocenters. The van der Waals surface area contributed by atoms with E-state index in [1.54, 1.807) is 17.8 Å². The van der Waals surface area contributed by atoms with Gasteiger partial charge in [0, 0.05) is 23.0 Å². The van der Waals surface area contributed by atoms with Crippen molar-refractivity contribution in [1.29, 1.82) is 0 Å². The summed E-state index contributed by atoms with van der Waals surface area (Å²) in [6.45, 7) is 2.73. The Morgan fingerprint density at radius 2 is 2.04 bits per heavy atom. The fourth-order valence-corrected chi connectivity index (χ4v) is 3.37. The average molecular weight is 383 g/mol. The molecule has 0 unspecified atom stereocenters. The monoisotopic (exact) mass is 382 g/mol. The fourth-order valence-electron chi connectivity index (χ4n) is 2.02. The van der Waals surface area contributed by atoms with Gasteiger partial charge in [-0.2, -0.15) is 11.8 Å². The minimum atomic E-state index is -0.134. The summed E-state index contributed by atoms with van der Waals surface area (Å²) in [7, 11) is 0. The van der Waals surface area contributed by atoms with Crippen LogP contribution in [0.15, 0.2) is 42.5 Å². The third-order valence-electron chi connectivity index (χ3n) is 3.40. The Balaban J connectivity index is 1.61. The summed E-state index contributed by atoms with van der Waals surface area (Å²) >= 11 is 13.1. The van der Waals surface area contributed by atoms with Gasteiger partial charge in [-0.05, 0) is 60.6 Å². The molecule has 0 fully saturated rings. The molecule has 2 N–H and O–H groups in total. The number of aryl methyl sites for hydroxylation is 1. The fraction of sp³-hybridized carbons (Fsp3) is 0.278. The van der Waals surface area contributed by atoms with Gasteiger partial charge in [0.2, 0.25) is 0 Å². The van der Waals surface area contributed by atoms with Crippen LogP contribution in [0, 0.1) is 12.7 Å². The van der Waals surface area contributed by atoms with Gasteiger partial charge in [-0.3, -0.25) is 0 Å². The van der Waals surface area contributed by atoms with Crippen molar-refractivity contribution in [3.8, 4) is 0 Å². The number of thioether (sulfide) groups is 1. The highest BCUT2D eigenvalue weighted by molar-refractivity contribution is 7.98. The Morgan fingerprint density at radius 1 is 1.25 bits per heavy atom. The summed E-state index contributed by atoms with van der Waals surface area (Å²) in [5.41, 5.74) is 2.66. The Kier molecular flexibility index (Phi) is 7.82. The number of nitrogens with one attached hydrogen (secondary N) is 2. The van der Waals surface area contributed by atoms with Gasteiger partial charge >= 0.3 is 0 Å². The zero-order valence-electron chi connectivity index (χ0n) is 13.4. The Bertz CT molecular complexity index is 694. The highest BCUT2D eigenvalue weighted by atomic mass is 35.5. The number of thiocarbonyl (C=S) groups is 1. The Morgan fingerprint density at radius 3 is 2.79 bits per heavy atom. The van der Waals surface area contributed by atoms with Gasteiger partial charge < -0.3 is 10.6 Å². The van der Waals surface area contributed by atoms with Crippen molar-refractivity contribution in [2.45, 2.75) is 19.1 Å². The molecule has 0 saturated carbocycles. The first-order valence-electron chi connectivity index (χ1n) is 7.68. The average Bonchev–Trinajstić information content (AvgIpc) is 2.56. The van der Waals surface area contributed by atoms with E-state index in [0.717, 1.165) is 35.5 Å². The van der Waals surface area contributed by atoms with Crippen LogP contribution in [-0.4, -0.2) is 17.4 Å². The number of anilines is 1. The normalized spacial score (nSPS) is 10.5. The zero-order valence-corrected chi connectivity index (χ0v) is 15.8. The third-order valence-corrected chi connectivity index (χ3v) is 5.14. The molecule has 0 spiro atoms. The highest BCUT2D eigenvalue weighted by Gasteiger charge is 2.02. The van der Waals surface area contributed by atoms with Gasteiger partial charge in [-0.25, -0.2) is 4.39 Å². The van der Waals surface area contributed by atoms with Crippen LogP contribution in [0.3, 0.4) is 0 Å². The maximum atomic E-state index is 13.5. The molecule has 2 rings (SSSR count). The Hall–Kier alpha value is -1.30. The molecular formula is C18H20ClFN2S2. The van der Waals surface area contributed by atoms with E-state index in [1.165, 1.54) is 6.07 Å². The number of hydrogen-bond acceptors (Lipinski definition) is 2. The molecule has 0 saturated heterocycles. The molecule has 0 amide bonds.